The lowest BCUT2D eigenvalue weighted by Gasteiger charge is -2.43. The first-order chi connectivity index (χ1) is 8.51. The summed E-state index contributed by atoms with van der Waals surface area (Å²) in [5, 5.41) is 0. The summed E-state index contributed by atoms with van der Waals surface area (Å²) in [5.74, 6) is 0.690. The van der Waals surface area contributed by atoms with Gasteiger partial charge in [-0.15, -0.1) is 0 Å². The normalized spacial score (nSPS) is 39.2. The Kier molecular flexibility index (Phi) is 3.93. The molecule has 0 amide bonds. The monoisotopic (exact) mass is 250 g/mol. The van der Waals surface area contributed by atoms with Crippen LogP contribution in [-0.4, -0.2) is 11.6 Å². The van der Waals surface area contributed by atoms with Crippen molar-refractivity contribution in [1.29, 1.82) is 0 Å². The highest BCUT2D eigenvalue weighted by molar-refractivity contribution is 5.95. The molecule has 102 valence electrons. The Hall–Kier alpha value is -0.660. The van der Waals surface area contributed by atoms with Gasteiger partial charge in [-0.1, -0.05) is 39.5 Å². The maximum absolute atomic E-state index is 12.5. The van der Waals surface area contributed by atoms with Crippen LogP contribution in [-0.2, 0) is 9.59 Å². The van der Waals surface area contributed by atoms with Crippen molar-refractivity contribution in [1.82, 2.24) is 0 Å². The molecule has 0 bridgehead atoms. The van der Waals surface area contributed by atoms with Crippen LogP contribution in [0.15, 0.2) is 0 Å². The number of carbonyl (C=O) groups is 2. The van der Waals surface area contributed by atoms with Crippen molar-refractivity contribution in [2.45, 2.75) is 78.1 Å². The average Bonchev–Trinajstić information content (AvgIpc) is 2.62. The molecule has 0 radical (unpaired) electrons. The van der Waals surface area contributed by atoms with E-state index in [-0.39, 0.29) is 0 Å². The second kappa shape index (κ2) is 5.14. The molecule has 0 N–H and O–H groups in total. The Balaban J connectivity index is 2.34. The Labute approximate surface area is 111 Å². The van der Waals surface area contributed by atoms with Crippen molar-refractivity contribution in [3.05, 3.63) is 0 Å². The summed E-state index contributed by atoms with van der Waals surface area (Å²) < 4.78 is 0. The van der Waals surface area contributed by atoms with Crippen molar-refractivity contribution < 1.29 is 9.59 Å². The largest absolute Gasteiger partial charge is 0.299 e. The second-order valence-corrected chi connectivity index (χ2v) is 6.63. The Morgan fingerprint density at radius 2 is 1.06 bits per heavy atom. The van der Waals surface area contributed by atoms with Gasteiger partial charge in [0.25, 0.3) is 0 Å². The lowest BCUT2D eigenvalue weighted by Crippen LogP contribution is -2.48. The van der Waals surface area contributed by atoms with Crippen LogP contribution in [0, 0.1) is 10.8 Å². The van der Waals surface area contributed by atoms with Crippen LogP contribution in [0.4, 0.5) is 0 Å². The third-order valence-corrected chi connectivity index (χ3v) is 5.61. The van der Waals surface area contributed by atoms with Crippen molar-refractivity contribution in [3.63, 3.8) is 0 Å². The Morgan fingerprint density at radius 1 is 0.667 bits per heavy atom. The second-order valence-electron chi connectivity index (χ2n) is 6.63. The van der Waals surface area contributed by atoms with Crippen LogP contribution in [0.25, 0.3) is 0 Å². The van der Waals surface area contributed by atoms with Gasteiger partial charge in [-0.3, -0.25) is 9.59 Å². The first kappa shape index (κ1) is 13.8. The number of hydrogen-bond donors (Lipinski definition) is 0. The standard InChI is InChI=1S/C16H26O2/c1-15(11-7-3-5-9-13(15)17)16(2)12-8-4-6-10-14(16)18/h3-12H2,1-2H3. The van der Waals surface area contributed by atoms with Crippen LogP contribution >= 0.6 is 0 Å². The lowest BCUT2D eigenvalue weighted by atomic mass is 9.57. The zero-order valence-corrected chi connectivity index (χ0v) is 11.9. The van der Waals surface area contributed by atoms with Gasteiger partial charge in [0.1, 0.15) is 11.6 Å². The summed E-state index contributed by atoms with van der Waals surface area (Å²) in [4.78, 5) is 25.1. The summed E-state index contributed by atoms with van der Waals surface area (Å²) in [6, 6.07) is 0. The highest BCUT2D eigenvalue weighted by Gasteiger charge is 2.53. The molecule has 18 heavy (non-hydrogen) atoms. The van der Waals surface area contributed by atoms with E-state index in [1.54, 1.807) is 0 Å². The van der Waals surface area contributed by atoms with Crippen LogP contribution in [0.2, 0.25) is 0 Å². The van der Waals surface area contributed by atoms with Crippen molar-refractivity contribution in [2.24, 2.45) is 10.8 Å². The molecule has 0 aliphatic heterocycles. The van der Waals surface area contributed by atoms with E-state index in [9.17, 15) is 9.59 Å². The molecule has 0 saturated heterocycles. The van der Waals surface area contributed by atoms with Gasteiger partial charge in [-0.05, 0) is 25.7 Å². The minimum atomic E-state index is -0.398. The molecule has 0 spiro atoms. The molecule has 2 saturated carbocycles. The maximum Gasteiger partial charge on any atom is 0.139 e. The van der Waals surface area contributed by atoms with E-state index in [2.05, 4.69) is 13.8 Å². The molecular weight excluding hydrogens is 224 g/mol. The van der Waals surface area contributed by atoms with E-state index in [1.807, 2.05) is 0 Å². The van der Waals surface area contributed by atoms with Gasteiger partial charge in [0.05, 0.1) is 0 Å². The average molecular weight is 250 g/mol. The van der Waals surface area contributed by atoms with E-state index in [4.69, 9.17) is 0 Å². The van der Waals surface area contributed by atoms with E-state index in [0.717, 1.165) is 51.4 Å². The third-order valence-electron chi connectivity index (χ3n) is 5.61. The van der Waals surface area contributed by atoms with Gasteiger partial charge in [0, 0.05) is 23.7 Å². The van der Waals surface area contributed by atoms with E-state index >= 15 is 0 Å². The predicted molar refractivity (Wildman–Crippen MR) is 72.4 cm³/mol. The van der Waals surface area contributed by atoms with Gasteiger partial charge in [0.2, 0.25) is 0 Å². The minimum Gasteiger partial charge on any atom is -0.299 e. The number of hydrogen-bond acceptors (Lipinski definition) is 2. The molecule has 2 atom stereocenters. The van der Waals surface area contributed by atoms with Gasteiger partial charge in [-0.2, -0.15) is 0 Å². The van der Waals surface area contributed by atoms with E-state index in [0.29, 0.717) is 24.4 Å². The Bertz CT molecular complexity index is 313. The van der Waals surface area contributed by atoms with Crippen LogP contribution < -0.4 is 0 Å². The topological polar surface area (TPSA) is 34.1 Å². The fraction of sp³-hybridized carbons (Fsp3) is 0.875. The predicted octanol–water partition coefficient (Wildman–Crippen LogP) is 4.07. The highest BCUT2D eigenvalue weighted by atomic mass is 16.1. The highest BCUT2D eigenvalue weighted by Crippen LogP contribution is 2.51. The Morgan fingerprint density at radius 3 is 1.44 bits per heavy atom. The smallest absolute Gasteiger partial charge is 0.139 e. The maximum atomic E-state index is 12.5. The molecule has 2 fully saturated rings. The molecule has 0 heterocycles. The summed E-state index contributed by atoms with van der Waals surface area (Å²) >= 11 is 0. The van der Waals surface area contributed by atoms with Crippen LogP contribution in [0.1, 0.15) is 78.1 Å². The van der Waals surface area contributed by atoms with Crippen LogP contribution in [0.5, 0.6) is 0 Å². The molecule has 2 heteroatoms. The van der Waals surface area contributed by atoms with E-state index < -0.39 is 10.8 Å². The number of carbonyl (C=O) groups excluding carboxylic acids is 2. The molecule has 0 aromatic rings. The van der Waals surface area contributed by atoms with Crippen LogP contribution in [0.3, 0.4) is 0 Å². The zero-order chi connectivity index (χ0) is 13.2. The summed E-state index contributed by atoms with van der Waals surface area (Å²) in [5.41, 5.74) is -0.796. The SMILES string of the molecule is CC1(C2(C)CCCCCC2=O)CCCCCC1=O. The number of rotatable bonds is 1. The summed E-state index contributed by atoms with van der Waals surface area (Å²) in [6.07, 6.45) is 9.70. The fourth-order valence-corrected chi connectivity index (χ4v) is 3.88. The van der Waals surface area contributed by atoms with E-state index in [1.165, 1.54) is 0 Å². The molecule has 2 unspecified atom stereocenters. The molecule has 2 rings (SSSR count). The van der Waals surface area contributed by atoms with Gasteiger partial charge < -0.3 is 0 Å². The lowest BCUT2D eigenvalue weighted by molar-refractivity contribution is -0.147. The third kappa shape index (κ3) is 2.15. The first-order valence-corrected chi connectivity index (χ1v) is 7.57. The summed E-state index contributed by atoms with van der Waals surface area (Å²) in [6.45, 7) is 4.15. The molecule has 2 nitrogen and oxygen atoms in total. The van der Waals surface area contributed by atoms with Crippen molar-refractivity contribution in [2.75, 3.05) is 0 Å². The molecule has 2 aliphatic rings. The van der Waals surface area contributed by atoms with Gasteiger partial charge in [0.15, 0.2) is 0 Å². The number of ketones is 2. The quantitative estimate of drug-likeness (QED) is 0.657. The van der Waals surface area contributed by atoms with Gasteiger partial charge in [-0.25, -0.2) is 0 Å². The fourth-order valence-electron chi connectivity index (χ4n) is 3.88. The minimum absolute atomic E-state index is 0.345. The van der Waals surface area contributed by atoms with Crippen molar-refractivity contribution >= 4 is 11.6 Å². The molecule has 2 aliphatic carbocycles. The zero-order valence-electron chi connectivity index (χ0n) is 11.9. The first-order valence-electron chi connectivity index (χ1n) is 7.57. The molecule has 0 aromatic heterocycles. The summed E-state index contributed by atoms with van der Waals surface area (Å²) in [7, 11) is 0. The van der Waals surface area contributed by atoms with Crippen molar-refractivity contribution in [3.8, 4) is 0 Å². The molecule has 0 aromatic carbocycles. The molecular formula is C16H26O2. The number of Topliss-reactive ketones (excluding diaryl/α,β-unsaturated/α-hetero) is 2. The van der Waals surface area contributed by atoms with Gasteiger partial charge >= 0.3 is 0 Å².